The molecule has 1 saturated heterocycles. The van der Waals surface area contributed by atoms with Crippen LogP contribution in [0.4, 0.5) is 13.2 Å². The number of phenols is 1. The Morgan fingerprint density at radius 2 is 1.69 bits per heavy atom. The predicted molar refractivity (Wildman–Crippen MR) is 142 cm³/mol. The number of rotatable bonds is 8. The summed E-state index contributed by atoms with van der Waals surface area (Å²) in [7, 11) is 0. The molecule has 39 heavy (non-hydrogen) atoms. The number of aromatic nitrogens is 4. The van der Waals surface area contributed by atoms with Crippen LogP contribution < -0.4 is 0 Å². The van der Waals surface area contributed by atoms with E-state index in [1.807, 2.05) is 6.07 Å². The first-order chi connectivity index (χ1) is 18.4. The van der Waals surface area contributed by atoms with Crippen LogP contribution in [-0.2, 0) is 18.4 Å². The molecular weight excluding hydrogens is 507 g/mol. The minimum atomic E-state index is -4.92. The molecule has 10 heteroatoms. The third kappa shape index (κ3) is 5.77. The van der Waals surface area contributed by atoms with Crippen LogP contribution in [0.3, 0.4) is 0 Å². The molecule has 0 aliphatic carbocycles. The quantitative estimate of drug-likeness (QED) is 0.273. The molecule has 1 aliphatic heterocycles. The molecule has 7 nitrogen and oxygen atoms in total. The predicted octanol–water partition coefficient (Wildman–Crippen LogP) is 5.53. The minimum absolute atomic E-state index is 0.146. The summed E-state index contributed by atoms with van der Waals surface area (Å²) < 4.78 is 43.4. The van der Waals surface area contributed by atoms with Crippen molar-refractivity contribution >= 4 is 10.9 Å². The maximum Gasteiger partial charge on any atom is 0.417 e. The van der Waals surface area contributed by atoms with E-state index in [0.717, 1.165) is 37.0 Å². The highest BCUT2D eigenvalue weighted by molar-refractivity contribution is 5.80. The smallest absolute Gasteiger partial charge is 0.417 e. The lowest BCUT2D eigenvalue weighted by Crippen LogP contribution is -2.50. The Morgan fingerprint density at radius 3 is 2.38 bits per heavy atom. The number of alkyl halides is 3. The van der Waals surface area contributed by atoms with Gasteiger partial charge >= 0.3 is 6.18 Å². The van der Waals surface area contributed by atoms with E-state index in [1.165, 1.54) is 12.4 Å². The lowest BCUT2D eigenvalue weighted by atomic mass is 9.72. The molecular formula is C29H32F3N5O2. The molecule has 1 aromatic carbocycles. The van der Waals surface area contributed by atoms with Crippen molar-refractivity contribution in [3.05, 3.63) is 72.2 Å². The molecule has 206 valence electrons. The highest BCUT2D eigenvalue weighted by atomic mass is 19.4. The lowest BCUT2D eigenvalue weighted by molar-refractivity contribution is -0.266. The maximum atomic E-state index is 14.5. The van der Waals surface area contributed by atoms with Gasteiger partial charge in [0.2, 0.25) is 0 Å². The summed E-state index contributed by atoms with van der Waals surface area (Å²) in [5, 5.41) is 22.6. The van der Waals surface area contributed by atoms with Gasteiger partial charge in [0.05, 0.1) is 17.4 Å². The molecule has 3 N–H and O–H groups in total. The standard InChI is InChI=1S/C29H32F3N5O2/c1-27(2,24-11-19(5-6-26(24)38)21-13-33-18-34-14-21)17-28(39,29(30,31)32)12-22-9-20-10-23(35-15-25(20)36-22)16-37-7-3-4-8-37/h5-6,9-11,13-15,18,36,38-39H,3-4,7-8,12,16-17H2,1-2H3. The van der Waals surface area contributed by atoms with Crippen LogP contribution in [0.2, 0.25) is 0 Å². The molecule has 1 fully saturated rings. The van der Waals surface area contributed by atoms with Crippen molar-refractivity contribution in [1.29, 1.82) is 0 Å². The van der Waals surface area contributed by atoms with Gasteiger partial charge in [-0.25, -0.2) is 9.97 Å². The molecule has 4 aromatic rings. The van der Waals surface area contributed by atoms with Gasteiger partial charge in [-0.1, -0.05) is 19.9 Å². The van der Waals surface area contributed by atoms with E-state index >= 15 is 0 Å². The number of aromatic amines is 1. The zero-order valence-electron chi connectivity index (χ0n) is 22.0. The zero-order valence-corrected chi connectivity index (χ0v) is 22.0. The molecule has 1 aliphatic rings. The topological polar surface area (TPSA) is 98.2 Å². The number of nitrogens with zero attached hydrogens (tertiary/aromatic N) is 4. The van der Waals surface area contributed by atoms with Gasteiger partial charge in [-0.3, -0.25) is 9.88 Å². The van der Waals surface area contributed by atoms with E-state index in [0.29, 0.717) is 28.8 Å². The molecule has 0 spiro atoms. The number of benzene rings is 1. The van der Waals surface area contributed by atoms with Crippen LogP contribution in [-0.4, -0.2) is 59.9 Å². The number of nitrogens with one attached hydrogen (secondary N) is 1. The van der Waals surface area contributed by atoms with Crippen LogP contribution in [0.25, 0.3) is 22.0 Å². The van der Waals surface area contributed by atoms with Gasteiger partial charge in [-0.15, -0.1) is 0 Å². The third-order valence-electron chi connectivity index (χ3n) is 7.57. The average molecular weight is 540 g/mol. The number of aliphatic hydroxyl groups is 1. The number of halogens is 3. The molecule has 1 atom stereocenters. The van der Waals surface area contributed by atoms with E-state index in [1.54, 1.807) is 50.6 Å². The van der Waals surface area contributed by atoms with Crippen molar-refractivity contribution < 1.29 is 23.4 Å². The van der Waals surface area contributed by atoms with E-state index < -0.39 is 30.0 Å². The van der Waals surface area contributed by atoms with Crippen molar-refractivity contribution in [3.63, 3.8) is 0 Å². The first-order valence-electron chi connectivity index (χ1n) is 13.0. The summed E-state index contributed by atoms with van der Waals surface area (Å²) in [4.78, 5) is 17.8. The molecule has 3 aromatic heterocycles. The van der Waals surface area contributed by atoms with Gasteiger partial charge in [0.1, 0.15) is 12.1 Å². The Kier molecular flexibility index (Phi) is 7.11. The number of pyridine rings is 1. The molecule has 0 bridgehead atoms. The second-order valence-corrected chi connectivity index (χ2v) is 11.2. The van der Waals surface area contributed by atoms with E-state index in [2.05, 4.69) is 24.8 Å². The second kappa shape index (κ2) is 10.2. The van der Waals surface area contributed by atoms with E-state index in [4.69, 9.17) is 0 Å². The maximum absolute atomic E-state index is 14.5. The van der Waals surface area contributed by atoms with Crippen LogP contribution in [0.5, 0.6) is 5.75 Å². The molecule has 5 rings (SSSR count). The summed E-state index contributed by atoms with van der Waals surface area (Å²) in [6, 6.07) is 8.26. The Morgan fingerprint density at radius 1 is 0.974 bits per heavy atom. The van der Waals surface area contributed by atoms with E-state index in [9.17, 15) is 23.4 Å². The van der Waals surface area contributed by atoms with Crippen LogP contribution >= 0.6 is 0 Å². The molecule has 4 heterocycles. The number of likely N-dealkylation sites (tertiary alicyclic amines) is 1. The summed E-state index contributed by atoms with van der Waals surface area (Å²) in [6.07, 6.45) is 2.26. The van der Waals surface area contributed by atoms with Gasteiger partial charge < -0.3 is 15.2 Å². The van der Waals surface area contributed by atoms with Gasteiger partial charge in [0.15, 0.2) is 5.60 Å². The van der Waals surface area contributed by atoms with Gasteiger partial charge in [-0.05, 0) is 67.6 Å². The van der Waals surface area contributed by atoms with Crippen molar-refractivity contribution in [3.8, 4) is 16.9 Å². The van der Waals surface area contributed by atoms with Crippen molar-refractivity contribution in [2.24, 2.45) is 0 Å². The fourth-order valence-electron chi connectivity index (χ4n) is 5.60. The number of aromatic hydroxyl groups is 1. The van der Waals surface area contributed by atoms with Crippen molar-refractivity contribution in [1.82, 2.24) is 24.8 Å². The number of fused-ring (bicyclic) bond motifs is 1. The number of H-pyrrole nitrogens is 1. The molecule has 0 saturated carbocycles. The van der Waals surface area contributed by atoms with Crippen molar-refractivity contribution in [2.45, 2.75) is 63.3 Å². The Bertz CT molecular complexity index is 1450. The summed E-state index contributed by atoms with van der Waals surface area (Å²) in [5.74, 6) is -0.146. The highest BCUT2D eigenvalue weighted by Crippen LogP contribution is 2.45. The van der Waals surface area contributed by atoms with Crippen LogP contribution in [0.15, 0.2) is 55.2 Å². The largest absolute Gasteiger partial charge is 0.508 e. The van der Waals surface area contributed by atoms with Gasteiger partial charge in [0, 0.05) is 47.6 Å². The fraction of sp³-hybridized carbons (Fsp3) is 0.414. The van der Waals surface area contributed by atoms with Gasteiger partial charge in [0.25, 0.3) is 0 Å². The SMILES string of the molecule is CC(C)(CC(O)(Cc1cc2cc(CN3CCCC3)ncc2[nH]1)C(F)(F)F)c1cc(-c2cncnc2)ccc1O. The monoisotopic (exact) mass is 539 g/mol. The first-order valence-corrected chi connectivity index (χ1v) is 13.0. The number of hydrogen-bond acceptors (Lipinski definition) is 6. The van der Waals surface area contributed by atoms with Crippen LogP contribution in [0.1, 0.15) is 50.1 Å². The van der Waals surface area contributed by atoms with Crippen molar-refractivity contribution in [2.75, 3.05) is 13.1 Å². The zero-order chi connectivity index (χ0) is 27.8. The lowest BCUT2D eigenvalue weighted by Gasteiger charge is -2.38. The number of phenolic OH excluding ortho intramolecular Hbond substituents is 1. The second-order valence-electron chi connectivity index (χ2n) is 11.2. The Hall–Kier alpha value is -3.50. The van der Waals surface area contributed by atoms with Crippen LogP contribution in [0, 0.1) is 0 Å². The average Bonchev–Trinajstić information content (AvgIpc) is 3.52. The molecule has 0 radical (unpaired) electrons. The summed E-state index contributed by atoms with van der Waals surface area (Å²) in [6.45, 7) is 5.91. The summed E-state index contributed by atoms with van der Waals surface area (Å²) >= 11 is 0. The summed E-state index contributed by atoms with van der Waals surface area (Å²) in [5.41, 5.74) is -0.941. The molecule has 0 amide bonds. The highest BCUT2D eigenvalue weighted by Gasteiger charge is 2.56. The fourth-order valence-corrected chi connectivity index (χ4v) is 5.60. The van der Waals surface area contributed by atoms with E-state index in [-0.39, 0.29) is 11.4 Å². The minimum Gasteiger partial charge on any atom is -0.508 e. The third-order valence-corrected chi connectivity index (χ3v) is 7.57. The first kappa shape index (κ1) is 27.1. The number of hydrogen-bond donors (Lipinski definition) is 3. The normalized spacial score (nSPS) is 16.6. The van der Waals surface area contributed by atoms with Gasteiger partial charge in [-0.2, -0.15) is 13.2 Å². The molecule has 1 unspecified atom stereocenters. The Labute approximate surface area is 224 Å². The Balaban J connectivity index is 1.42.